The van der Waals surface area contributed by atoms with E-state index in [1.807, 2.05) is 18.5 Å². The number of aromatic nitrogens is 2. The maximum Gasteiger partial charge on any atom is 0.138 e. The van der Waals surface area contributed by atoms with Crippen molar-refractivity contribution in [3.05, 3.63) is 42.4 Å². The summed E-state index contributed by atoms with van der Waals surface area (Å²) in [4.78, 5) is 11.0. The van der Waals surface area contributed by atoms with Crippen LogP contribution in [0.15, 0.2) is 36.8 Å². The maximum atomic E-state index is 5.95. The first kappa shape index (κ1) is 15.9. The molecule has 0 spiro atoms. The highest BCUT2D eigenvalue weighted by molar-refractivity contribution is 5.60. The van der Waals surface area contributed by atoms with Gasteiger partial charge in [-0.15, -0.1) is 0 Å². The van der Waals surface area contributed by atoms with Crippen molar-refractivity contribution in [3.63, 3.8) is 0 Å². The van der Waals surface area contributed by atoms with Crippen LogP contribution in [0.3, 0.4) is 0 Å². The molecule has 122 valence electrons. The zero-order chi connectivity index (χ0) is 16.4. The molecule has 0 amide bonds. The van der Waals surface area contributed by atoms with E-state index in [9.17, 15) is 0 Å². The normalized spacial score (nSPS) is 15.0. The van der Waals surface area contributed by atoms with Crippen molar-refractivity contribution in [2.45, 2.75) is 38.1 Å². The highest BCUT2D eigenvalue weighted by Gasteiger charge is 2.24. The van der Waals surface area contributed by atoms with E-state index in [-0.39, 0.29) is 5.54 Å². The second-order valence-electron chi connectivity index (χ2n) is 7.15. The van der Waals surface area contributed by atoms with Gasteiger partial charge in [0.05, 0.1) is 11.9 Å². The van der Waals surface area contributed by atoms with Crippen molar-refractivity contribution in [2.24, 2.45) is 0 Å². The Balaban J connectivity index is 1.76. The smallest absolute Gasteiger partial charge is 0.138 e. The van der Waals surface area contributed by atoms with Crippen molar-refractivity contribution in [3.8, 4) is 17.0 Å². The van der Waals surface area contributed by atoms with Gasteiger partial charge in [0.2, 0.25) is 0 Å². The third-order valence-electron chi connectivity index (χ3n) is 4.64. The standard InChI is InChI=1S/C19H25N3O/c1-19(2,22(3)4)13-23-17-9-16(11-20-12-17)18-10-15(7-8-21-18)14-5-6-14/h7-12,14H,5-6,13H2,1-4H3. The van der Waals surface area contributed by atoms with E-state index in [2.05, 4.69) is 54.9 Å². The third-order valence-corrected chi connectivity index (χ3v) is 4.64. The topological polar surface area (TPSA) is 38.2 Å². The van der Waals surface area contributed by atoms with Gasteiger partial charge in [0, 0.05) is 23.5 Å². The molecule has 0 unspecified atom stereocenters. The van der Waals surface area contributed by atoms with E-state index in [0.717, 1.165) is 22.9 Å². The Labute approximate surface area is 138 Å². The van der Waals surface area contributed by atoms with Crippen LogP contribution >= 0.6 is 0 Å². The molecule has 0 saturated heterocycles. The first-order valence-corrected chi connectivity index (χ1v) is 8.17. The average molecular weight is 311 g/mol. The average Bonchev–Trinajstić information content (AvgIpc) is 3.38. The summed E-state index contributed by atoms with van der Waals surface area (Å²) in [6, 6.07) is 6.33. The minimum Gasteiger partial charge on any atom is -0.490 e. The highest BCUT2D eigenvalue weighted by atomic mass is 16.5. The highest BCUT2D eigenvalue weighted by Crippen LogP contribution is 2.40. The van der Waals surface area contributed by atoms with Gasteiger partial charge in [-0.25, -0.2) is 0 Å². The summed E-state index contributed by atoms with van der Waals surface area (Å²) < 4.78 is 5.95. The van der Waals surface area contributed by atoms with Crippen molar-refractivity contribution in [1.82, 2.24) is 14.9 Å². The van der Waals surface area contributed by atoms with Crippen LogP contribution in [0.2, 0.25) is 0 Å². The van der Waals surface area contributed by atoms with Gasteiger partial charge in [-0.05, 0) is 70.5 Å². The van der Waals surface area contributed by atoms with Crippen LogP contribution in [0.25, 0.3) is 11.3 Å². The Bertz CT molecular complexity index is 678. The third kappa shape index (κ3) is 3.88. The molecule has 0 radical (unpaired) electrons. The maximum absolute atomic E-state index is 5.95. The molecular formula is C19H25N3O. The predicted molar refractivity (Wildman–Crippen MR) is 92.7 cm³/mol. The molecule has 0 bridgehead atoms. The van der Waals surface area contributed by atoms with Gasteiger partial charge in [-0.2, -0.15) is 0 Å². The molecule has 3 rings (SSSR count). The lowest BCUT2D eigenvalue weighted by Gasteiger charge is -2.32. The number of hydrogen-bond donors (Lipinski definition) is 0. The molecule has 4 nitrogen and oxygen atoms in total. The quantitative estimate of drug-likeness (QED) is 0.814. The fraction of sp³-hybridized carbons (Fsp3) is 0.474. The Morgan fingerprint density at radius 1 is 1.22 bits per heavy atom. The molecule has 4 heteroatoms. The van der Waals surface area contributed by atoms with Crippen LogP contribution in [0.5, 0.6) is 5.75 Å². The molecular weight excluding hydrogens is 286 g/mol. The summed E-state index contributed by atoms with van der Waals surface area (Å²) in [6.45, 7) is 4.93. The van der Waals surface area contributed by atoms with Gasteiger partial charge in [0.25, 0.3) is 0 Å². The predicted octanol–water partition coefficient (Wildman–Crippen LogP) is 3.74. The number of ether oxygens (including phenoxy) is 1. The molecule has 1 saturated carbocycles. The van der Waals surface area contributed by atoms with Gasteiger partial charge in [-0.1, -0.05) is 0 Å². The minimum absolute atomic E-state index is 0.0276. The van der Waals surface area contributed by atoms with E-state index >= 15 is 0 Å². The summed E-state index contributed by atoms with van der Waals surface area (Å²) in [7, 11) is 4.12. The molecule has 0 aromatic carbocycles. The molecule has 1 aliphatic rings. The molecule has 1 fully saturated rings. The lowest BCUT2D eigenvalue weighted by Crippen LogP contribution is -2.43. The van der Waals surface area contributed by atoms with E-state index < -0.39 is 0 Å². The molecule has 0 N–H and O–H groups in total. The first-order valence-electron chi connectivity index (χ1n) is 8.17. The summed E-state index contributed by atoms with van der Waals surface area (Å²) in [5, 5.41) is 0. The fourth-order valence-electron chi connectivity index (χ4n) is 2.30. The van der Waals surface area contributed by atoms with E-state index in [4.69, 9.17) is 4.74 Å². The minimum atomic E-state index is -0.0276. The second-order valence-corrected chi connectivity index (χ2v) is 7.15. The lowest BCUT2D eigenvalue weighted by atomic mass is 10.1. The number of rotatable bonds is 6. The molecule has 0 atom stereocenters. The van der Waals surface area contributed by atoms with Crippen molar-refractivity contribution in [2.75, 3.05) is 20.7 Å². The molecule has 0 aliphatic heterocycles. The summed E-state index contributed by atoms with van der Waals surface area (Å²) in [6.07, 6.45) is 8.10. The van der Waals surface area contributed by atoms with Gasteiger partial charge in [0.1, 0.15) is 12.4 Å². The molecule has 23 heavy (non-hydrogen) atoms. The van der Waals surface area contributed by atoms with E-state index in [0.29, 0.717) is 6.61 Å². The van der Waals surface area contributed by atoms with Gasteiger partial charge < -0.3 is 9.64 Å². The molecule has 1 aliphatic carbocycles. The van der Waals surface area contributed by atoms with Crippen LogP contribution in [-0.2, 0) is 0 Å². The Morgan fingerprint density at radius 3 is 2.70 bits per heavy atom. The van der Waals surface area contributed by atoms with E-state index in [1.54, 1.807) is 6.20 Å². The monoisotopic (exact) mass is 311 g/mol. The lowest BCUT2D eigenvalue weighted by molar-refractivity contribution is 0.114. The number of nitrogens with zero attached hydrogens (tertiary/aromatic N) is 3. The van der Waals surface area contributed by atoms with Crippen LogP contribution in [0, 0.1) is 0 Å². The van der Waals surface area contributed by atoms with Gasteiger partial charge >= 0.3 is 0 Å². The van der Waals surface area contributed by atoms with Gasteiger partial charge in [0.15, 0.2) is 0 Å². The van der Waals surface area contributed by atoms with Crippen molar-refractivity contribution in [1.29, 1.82) is 0 Å². The van der Waals surface area contributed by atoms with Crippen LogP contribution in [-0.4, -0.2) is 41.1 Å². The first-order chi connectivity index (χ1) is 11.0. The summed E-state index contributed by atoms with van der Waals surface area (Å²) in [5.74, 6) is 1.51. The van der Waals surface area contributed by atoms with Crippen molar-refractivity contribution >= 4 is 0 Å². The second kappa shape index (κ2) is 6.28. The number of pyridine rings is 2. The molecule has 2 aromatic heterocycles. The van der Waals surface area contributed by atoms with E-state index in [1.165, 1.54) is 18.4 Å². The Morgan fingerprint density at radius 2 is 2.00 bits per heavy atom. The van der Waals surface area contributed by atoms with Crippen LogP contribution in [0.1, 0.15) is 38.2 Å². The van der Waals surface area contributed by atoms with Crippen molar-refractivity contribution < 1.29 is 4.74 Å². The molecule has 2 aromatic rings. The number of hydrogen-bond acceptors (Lipinski definition) is 4. The van der Waals surface area contributed by atoms with Gasteiger partial charge in [-0.3, -0.25) is 9.97 Å². The molecule has 2 heterocycles. The zero-order valence-corrected chi connectivity index (χ0v) is 14.4. The number of likely N-dealkylation sites (N-methyl/N-ethyl adjacent to an activating group) is 1. The largest absolute Gasteiger partial charge is 0.490 e. The Hall–Kier alpha value is -1.94. The Kier molecular flexibility index (Phi) is 4.35. The van der Waals surface area contributed by atoms with Crippen LogP contribution in [0.4, 0.5) is 0 Å². The SMILES string of the molecule is CN(C)C(C)(C)COc1cncc(-c2cc(C3CC3)ccn2)c1. The summed E-state index contributed by atoms with van der Waals surface area (Å²) >= 11 is 0. The summed E-state index contributed by atoms with van der Waals surface area (Å²) in [5.41, 5.74) is 3.34. The fourth-order valence-corrected chi connectivity index (χ4v) is 2.30. The van der Waals surface area contributed by atoms with Crippen LogP contribution < -0.4 is 4.74 Å². The zero-order valence-electron chi connectivity index (χ0n) is 14.4.